The molecule has 2 amide bonds. The van der Waals surface area contributed by atoms with Gasteiger partial charge in [0.05, 0.1) is 12.6 Å². The van der Waals surface area contributed by atoms with Gasteiger partial charge in [-0.25, -0.2) is 0 Å². The Kier molecular flexibility index (Phi) is 6.75. The van der Waals surface area contributed by atoms with Crippen molar-refractivity contribution in [2.75, 3.05) is 28.3 Å². The van der Waals surface area contributed by atoms with Gasteiger partial charge in [0.2, 0.25) is 11.8 Å². The van der Waals surface area contributed by atoms with Gasteiger partial charge in [-0.1, -0.05) is 50.2 Å². The molecule has 0 aromatic heterocycles. The number of carbonyl (C=O) groups excluding carboxylic acids is 2. The topological polar surface area (TPSA) is 78.7 Å². The van der Waals surface area contributed by atoms with Crippen molar-refractivity contribution >= 4 is 34.6 Å². The minimum atomic E-state index is -0.387. The zero-order valence-corrected chi connectivity index (χ0v) is 19.1. The second-order valence-corrected chi connectivity index (χ2v) is 8.60. The van der Waals surface area contributed by atoms with E-state index in [4.69, 9.17) is 5.73 Å². The lowest BCUT2D eigenvalue weighted by molar-refractivity contribution is -0.122. The van der Waals surface area contributed by atoms with E-state index in [1.165, 1.54) is 0 Å². The summed E-state index contributed by atoms with van der Waals surface area (Å²) in [5, 5.41) is 2.97. The predicted molar refractivity (Wildman–Crippen MR) is 134 cm³/mol. The first-order valence-corrected chi connectivity index (χ1v) is 11.3. The van der Waals surface area contributed by atoms with E-state index >= 15 is 0 Å². The van der Waals surface area contributed by atoms with Crippen molar-refractivity contribution in [3.8, 4) is 0 Å². The van der Waals surface area contributed by atoms with Crippen LogP contribution in [-0.2, 0) is 9.59 Å². The highest BCUT2D eigenvalue weighted by Crippen LogP contribution is 2.32. The molecule has 1 atom stereocenters. The summed E-state index contributed by atoms with van der Waals surface area (Å²) < 4.78 is 0. The van der Waals surface area contributed by atoms with E-state index in [-0.39, 0.29) is 24.2 Å². The summed E-state index contributed by atoms with van der Waals surface area (Å²) >= 11 is 0. The molecule has 1 heterocycles. The molecule has 1 aliphatic heterocycles. The summed E-state index contributed by atoms with van der Waals surface area (Å²) in [5.41, 5.74) is 10.6. The van der Waals surface area contributed by atoms with Crippen molar-refractivity contribution in [1.29, 1.82) is 0 Å². The number of carbonyl (C=O) groups is 2. The second kappa shape index (κ2) is 9.88. The zero-order chi connectivity index (χ0) is 23.4. The third-order valence-electron chi connectivity index (χ3n) is 6.04. The number of hydrogen-bond acceptors (Lipinski definition) is 4. The van der Waals surface area contributed by atoms with E-state index in [0.29, 0.717) is 24.8 Å². The summed E-state index contributed by atoms with van der Waals surface area (Å²) in [6, 6.07) is 25.4. The Morgan fingerprint density at radius 3 is 2.30 bits per heavy atom. The molecule has 3 aromatic carbocycles. The second-order valence-electron chi connectivity index (χ2n) is 8.60. The molecule has 1 aliphatic rings. The van der Waals surface area contributed by atoms with E-state index in [2.05, 4.69) is 19.2 Å². The van der Waals surface area contributed by atoms with Gasteiger partial charge in [0, 0.05) is 35.7 Å². The molecule has 33 heavy (non-hydrogen) atoms. The van der Waals surface area contributed by atoms with Crippen LogP contribution in [0, 0.1) is 5.92 Å². The Bertz CT molecular complexity index is 1110. The Hall–Kier alpha value is -3.64. The van der Waals surface area contributed by atoms with Gasteiger partial charge in [0.15, 0.2) is 0 Å². The molecule has 1 saturated heterocycles. The standard InChI is InChI=1S/C27H30N4O2/c1-19(2)24-10-6-7-11-25(24)30-17-20(16-26(30)32)27(33)29-21-12-14-23(15-13-21)31(18-28)22-8-4-3-5-9-22/h3-15,19-20H,16-18,28H2,1-2H3,(H,29,33). The van der Waals surface area contributed by atoms with Gasteiger partial charge in [0.25, 0.3) is 0 Å². The highest BCUT2D eigenvalue weighted by molar-refractivity contribution is 6.04. The van der Waals surface area contributed by atoms with E-state index in [0.717, 1.165) is 22.6 Å². The Balaban J connectivity index is 1.43. The SMILES string of the molecule is CC(C)c1ccccc1N1CC(C(=O)Nc2ccc(N(CN)c3ccccc3)cc2)CC1=O. The van der Waals surface area contributed by atoms with Crippen molar-refractivity contribution in [3.63, 3.8) is 0 Å². The van der Waals surface area contributed by atoms with Crippen molar-refractivity contribution in [1.82, 2.24) is 0 Å². The van der Waals surface area contributed by atoms with E-state index in [1.807, 2.05) is 83.8 Å². The largest absolute Gasteiger partial charge is 0.328 e. The molecule has 0 spiro atoms. The molecule has 3 aromatic rings. The number of benzene rings is 3. The number of amides is 2. The summed E-state index contributed by atoms with van der Waals surface area (Å²) in [7, 11) is 0. The highest BCUT2D eigenvalue weighted by Gasteiger charge is 2.36. The molecule has 4 rings (SSSR count). The normalized spacial score (nSPS) is 15.7. The molecule has 0 radical (unpaired) electrons. The number of nitrogens with one attached hydrogen (secondary N) is 1. The molecule has 0 bridgehead atoms. The predicted octanol–water partition coefficient (Wildman–Crippen LogP) is 4.86. The average molecular weight is 443 g/mol. The Labute approximate surface area is 195 Å². The van der Waals surface area contributed by atoms with Crippen LogP contribution >= 0.6 is 0 Å². The fraction of sp³-hybridized carbons (Fsp3) is 0.259. The number of nitrogens with zero attached hydrogens (tertiary/aromatic N) is 2. The minimum absolute atomic E-state index is 0.0138. The number of anilines is 4. The lowest BCUT2D eigenvalue weighted by Gasteiger charge is -2.23. The van der Waals surface area contributed by atoms with Crippen LogP contribution in [0.4, 0.5) is 22.7 Å². The van der Waals surface area contributed by atoms with Crippen LogP contribution < -0.4 is 20.9 Å². The van der Waals surface area contributed by atoms with Gasteiger partial charge >= 0.3 is 0 Å². The molecule has 6 nitrogen and oxygen atoms in total. The number of nitrogens with two attached hydrogens (primary N) is 1. The van der Waals surface area contributed by atoms with Crippen LogP contribution in [-0.4, -0.2) is 25.0 Å². The summed E-state index contributed by atoms with van der Waals surface area (Å²) in [5.74, 6) is -0.244. The molecule has 0 aliphatic carbocycles. The van der Waals surface area contributed by atoms with Crippen LogP contribution in [0.15, 0.2) is 78.9 Å². The van der Waals surface area contributed by atoms with Gasteiger partial charge < -0.3 is 20.9 Å². The van der Waals surface area contributed by atoms with E-state index < -0.39 is 0 Å². The third kappa shape index (κ3) is 4.91. The smallest absolute Gasteiger partial charge is 0.229 e. The van der Waals surface area contributed by atoms with E-state index in [1.54, 1.807) is 4.90 Å². The van der Waals surface area contributed by atoms with Crippen molar-refractivity contribution < 1.29 is 9.59 Å². The molecule has 3 N–H and O–H groups in total. The van der Waals surface area contributed by atoms with E-state index in [9.17, 15) is 9.59 Å². The van der Waals surface area contributed by atoms with Crippen LogP contribution in [0.3, 0.4) is 0 Å². The molecular weight excluding hydrogens is 412 g/mol. The van der Waals surface area contributed by atoms with Crippen molar-refractivity contribution in [3.05, 3.63) is 84.4 Å². The fourth-order valence-electron chi connectivity index (χ4n) is 4.27. The van der Waals surface area contributed by atoms with Crippen LogP contribution in [0.5, 0.6) is 0 Å². The van der Waals surface area contributed by atoms with Crippen LogP contribution in [0.2, 0.25) is 0 Å². The first-order chi connectivity index (χ1) is 16.0. The molecular formula is C27H30N4O2. The summed E-state index contributed by atoms with van der Waals surface area (Å²) in [6.45, 7) is 4.95. The highest BCUT2D eigenvalue weighted by atomic mass is 16.2. The monoisotopic (exact) mass is 442 g/mol. The maximum absolute atomic E-state index is 12.9. The molecule has 1 unspecified atom stereocenters. The Morgan fingerprint density at radius 1 is 1.00 bits per heavy atom. The Morgan fingerprint density at radius 2 is 1.64 bits per heavy atom. The molecule has 0 saturated carbocycles. The van der Waals surface area contributed by atoms with Gasteiger partial charge in [-0.2, -0.15) is 0 Å². The molecule has 6 heteroatoms. The number of rotatable bonds is 7. The van der Waals surface area contributed by atoms with Crippen LogP contribution in [0.25, 0.3) is 0 Å². The minimum Gasteiger partial charge on any atom is -0.328 e. The average Bonchev–Trinajstić information content (AvgIpc) is 3.23. The van der Waals surface area contributed by atoms with Crippen molar-refractivity contribution in [2.45, 2.75) is 26.2 Å². The van der Waals surface area contributed by atoms with Gasteiger partial charge in [0.1, 0.15) is 0 Å². The van der Waals surface area contributed by atoms with Crippen LogP contribution in [0.1, 0.15) is 31.7 Å². The first-order valence-electron chi connectivity index (χ1n) is 11.3. The number of para-hydroxylation sites is 2. The lowest BCUT2D eigenvalue weighted by Crippen LogP contribution is -2.29. The quantitative estimate of drug-likeness (QED) is 0.513. The maximum Gasteiger partial charge on any atom is 0.229 e. The van der Waals surface area contributed by atoms with Crippen molar-refractivity contribution in [2.24, 2.45) is 11.7 Å². The molecule has 1 fully saturated rings. The first kappa shape index (κ1) is 22.6. The zero-order valence-electron chi connectivity index (χ0n) is 19.1. The summed E-state index contributed by atoms with van der Waals surface area (Å²) in [4.78, 5) is 29.4. The van der Waals surface area contributed by atoms with Gasteiger partial charge in [-0.05, 0) is 53.9 Å². The van der Waals surface area contributed by atoms with Gasteiger partial charge in [-0.3, -0.25) is 9.59 Å². The summed E-state index contributed by atoms with van der Waals surface area (Å²) in [6.07, 6.45) is 0.214. The maximum atomic E-state index is 12.9. The van der Waals surface area contributed by atoms with Gasteiger partial charge in [-0.15, -0.1) is 0 Å². The lowest BCUT2D eigenvalue weighted by atomic mass is 10.0. The molecule has 170 valence electrons. The number of hydrogen-bond donors (Lipinski definition) is 2. The third-order valence-corrected chi connectivity index (χ3v) is 6.04. The fourth-order valence-corrected chi connectivity index (χ4v) is 4.27.